The lowest BCUT2D eigenvalue weighted by Crippen LogP contribution is -2.28. The van der Waals surface area contributed by atoms with E-state index in [1.807, 2.05) is 30.3 Å². The van der Waals surface area contributed by atoms with Crippen LogP contribution in [0, 0.1) is 5.82 Å². The number of methoxy groups -OCH3 is 3. The monoisotopic (exact) mass is 490 g/mol. The minimum atomic E-state index is -0.259. The first-order chi connectivity index (χ1) is 17.5. The molecule has 4 aromatic rings. The van der Waals surface area contributed by atoms with Crippen molar-refractivity contribution in [1.82, 2.24) is 9.88 Å². The summed E-state index contributed by atoms with van der Waals surface area (Å²) in [5.41, 5.74) is 4.01. The molecule has 0 spiro atoms. The number of halogens is 1. The van der Waals surface area contributed by atoms with Crippen molar-refractivity contribution in [3.8, 4) is 11.5 Å². The third-order valence-corrected chi connectivity index (χ3v) is 6.29. The summed E-state index contributed by atoms with van der Waals surface area (Å²) in [4.78, 5) is 13.0. The fourth-order valence-electron chi connectivity index (χ4n) is 4.50. The zero-order valence-electron chi connectivity index (χ0n) is 20.8. The van der Waals surface area contributed by atoms with Crippen LogP contribution in [-0.2, 0) is 16.1 Å². The summed E-state index contributed by atoms with van der Waals surface area (Å²) in [5, 5.41) is 4.00. The third-order valence-electron chi connectivity index (χ3n) is 6.29. The van der Waals surface area contributed by atoms with Gasteiger partial charge in [0, 0.05) is 49.6 Å². The van der Waals surface area contributed by atoms with Crippen molar-refractivity contribution in [2.45, 2.75) is 18.9 Å². The molecule has 1 N–H and O–H groups in total. The zero-order chi connectivity index (χ0) is 25.5. The fraction of sp³-hybridized carbons (Fsp3) is 0.276. The van der Waals surface area contributed by atoms with Gasteiger partial charge in [0.1, 0.15) is 5.82 Å². The quantitative estimate of drug-likeness (QED) is 0.296. The molecule has 0 saturated carbocycles. The summed E-state index contributed by atoms with van der Waals surface area (Å²) in [6, 6.07) is 20.4. The molecular weight excluding hydrogens is 459 g/mol. The van der Waals surface area contributed by atoms with Crippen LogP contribution in [0.25, 0.3) is 10.9 Å². The van der Waals surface area contributed by atoms with Gasteiger partial charge in [0.2, 0.25) is 5.91 Å². The van der Waals surface area contributed by atoms with Gasteiger partial charge in [-0.2, -0.15) is 0 Å². The lowest BCUT2D eigenvalue weighted by Gasteiger charge is -2.19. The first kappa shape index (κ1) is 25.3. The van der Waals surface area contributed by atoms with Gasteiger partial charge in [-0.3, -0.25) is 4.79 Å². The second kappa shape index (κ2) is 11.7. The van der Waals surface area contributed by atoms with Crippen LogP contribution in [0.2, 0.25) is 0 Å². The summed E-state index contributed by atoms with van der Waals surface area (Å²) < 4.78 is 31.6. The smallest absolute Gasteiger partial charge is 0.221 e. The molecule has 0 aliphatic rings. The number of hydrogen-bond donors (Lipinski definition) is 1. The molecule has 3 aromatic carbocycles. The summed E-state index contributed by atoms with van der Waals surface area (Å²) in [7, 11) is 4.80. The number of ether oxygens (including phenoxy) is 3. The molecule has 7 heteroatoms. The number of fused-ring (bicyclic) bond motifs is 1. The molecule has 6 nitrogen and oxygen atoms in total. The molecule has 0 saturated heterocycles. The summed E-state index contributed by atoms with van der Waals surface area (Å²) in [6.45, 7) is 1.48. The number of carbonyl (C=O) groups is 1. The minimum absolute atomic E-state index is 0.0674. The second-order valence-corrected chi connectivity index (χ2v) is 8.57. The summed E-state index contributed by atoms with van der Waals surface area (Å²) >= 11 is 0. The molecular formula is C29H31FN2O4. The molecule has 1 atom stereocenters. The Bertz CT molecular complexity index is 1320. The molecule has 0 aliphatic carbocycles. The molecule has 0 bridgehead atoms. The Morgan fingerprint density at radius 3 is 2.44 bits per heavy atom. The molecule has 1 heterocycles. The Labute approximate surface area is 210 Å². The number of rotatable bonds is 11. The van der Waals surface area contributed by atoms with Gasteiger partial charge >= 0.3 is 0 Å². The number of nitrogens with one attached hydrogen (secondary N) is 1. The van der Waals surface area contributed by atoms with E-state index in [0.29, 0.717) is 31.2 Å². The van der Waals surface area contributed by atoms with Crippen LogP contribution in [0.4, 0.5) is 4.39 Å². The van der Waals surface area contributed by atoms with Crippen molar-refractivity contribution in [2.75, 3.05) is 34.5 Å². The SMILES string of the molecule is COCCNC(=O)C[C@H](c1ccc(OC)c(OC)c1)c1cn(Cc2ccc(F)cc2)c2ccccc12. The van der Waals surface area contributed by atoms with Crippen LogP contribution in [-0.4, -0.2) is 45.0 Å². The highest BCUT2D eigenvalue weighted by atomic mass is 19.1. The van der Waals surface area contributed by atoms with Crippen molar-refractivity contribution in [1.29, 1.82) is 0 Å². The first-order valence-electron chi connectivity index (χ1n) is 11.8. The molecule has 1 amide bonds. The van der Waals surface area contributed by atoms with Crippen LogP contribution in [0.1, 0.15) is 29.0 Å². The predicted octanol–water partition coefficient (Wildman–Crippen LogP) is 5.13. The standard InChI is InChI=1S/C29H31FN2O4/c1-34-15-14-31-29(33)17-24(21-10-13-27(35-2)28(16-21)36-3)25-19-32(26-7-5-4-6-23(25)26)18-20-8-11-22(30)12-9-20/h4-13,16,19,24H,14-15,17-18H2,1-3H3,(H,31,33)/t24-/m1/s1. The molecule has 4 rings (SSSR count). The highest BCUT2D eigenvalue weighted by Crippen LogP contribution is 2.38. The second-order valence-electron chi connectivity index (χ2n) is 8.57. The maximum absolute atomic E-state index is 13.5. The maximum Gasteiger partial charge on any atom is 0.221 e. The van der Waals surface area contributed by atoms with Crippen molar-refractivity contribution < 1.29 is 23.4 Å². The molecule has 36 heavy (non-hydrogen) atoms. The largest absolute Gasteiger partial charge is 0.493 e. The normalized spacial score (nSPS) is 11.9. The summed E-state index contributed by atoms with van der Waals surface area (Å²) in [5.74, 6) is 0.678. The van der Waals surface area contributed by atoms with E-state index in [2.05, 4.69) is 28.2 Å². The highest BCUT2D eigenvalue weighted by Gasteiger charge is 2.24. The van der Waals surface area contributed by atoms with E-state index in [0.717, 1.165) is 27.6 Å². The van der Waals surface area contributed by atoms with E-state index in [1.54, 1.807) is 33.5 Å². The van der Waals surface area contributed by atoms with Crippen molar-refractivity contribution in [3.05, 3.63) is 95.4 Å². The van der Waals surface area contributed by atoms with Crippen molar-refractivity contribution in [3.63, 3.8) is 0 Å². The van der Waals surface area contributed by atoms with E-state index < -0.39 is 0 Å². The Hall–Kier alpha value is -3.84. The van der Waals surface area contributed by atoms with Gasteiger partial charge < -0.3 is 24.1 Å². The van der Waals surface area contributed by atoms with E-state index in [4.69, 9.17) is 14.2 Å². The Morgan fingerprint density at radius 2 is 1.72 bits per heavy atom. The number of hydrogen-bond acceptors (Lipinski definition) is 4. The minimum Gasteiger partial charge on any atom is -0.493 e. The van der Waals surface area contributed by atoms with Crippen molar-refractivity contribution >= 4 is 16.8 Å². The average Bonchev–Trinajstić information content (AvgIpc) is 3.26. The van der Waals surface area contributed by atoms with E-state index in [-0.39, 0.29) is 24.1 Å². The number of carbonyl (C=O) groups excluding carboxylic acids is 1. The fourth-order valence-corrected chi connectivity index (χ4v) is 4.50. The van der Waals surface area contributed by atoms with Crippen molar-refractivity contribution in [2.24, 2.45) is 0 Å². The van der Waals surface area contributed by atoms with Crippen LogP contribution in [0.3, 0.4) is 0 Å². The van der Waals surface area contributed by atoms with Crippen LogP contribution >= 0.6 is 0 Å². The van der Waals surface area contributed by atoms with E-state index in [1.165, 1.54) is 12.1 Å². The Balaban J connectivity index is 1.78. The van der Waals surface area contributed by atoms with Gasteiger partial charge in [-0.15, -0.1) is 0 Å². The van der Waals surface area contributed by atoms with Gasteiger partial charge in [0.15, 0.2) is 11.5 Å². The zero-order valence-corrected chi connectivity index (χ0v) is 20.8. The number of para-hydroxylation sites is 1. The lowest BCUT2D eigenvalue weighted by atomic mass is 9.87. The van der Waals surface area contributed by atoms with Crippen LogP contribution in [0.15, 0.2) is 72.9 Å². The van der Waals surface area contributed by atoms with Gasteiger partial charge in [0.05, 0.1) is 20.8 Å². The molecule has 0 unspecified atom stereocenters. The number of nitrogens with zero attached hydrogens (tertiary/aromatic N) is 1. The Kier molecular flexibility index (Phi) is 8.23. The van der Waals surface area contributed by atoms with E-state index in [9.17, 15) is 9.18 Å². The van der Waals surface area contributed by atoms with Crippen LogP contribution in [0.5, 0.6) is 11.5 Å². The maximum atomic E-state index is 13.5. The topological polar surface area (TPSA) is 61.7 Å². The number of amides is 1. The van der Waals surface area contributed by atoms with Gasteiger partial charge in [-0.1, -0.05) is 36.4 Å². The predicted molar refractivity (Wildman–Crippen MR) is 138 cm³/mol. The molecule has 1 aromatic heterocycles. The highest BCUT2D eigenvalue weighted by molar-refractivity contribution is 5.87. The summed E-state index contributed by atoms with van der Waals surface area (Å²) in [6.07, 6.45) is 2.35. The molecule has 0 aliphatic heterocycles. The molecule has 0 fully saturated rings. The van der Waals surface area contributed by atoms with E-state index >= 15 is 0 Å². The van der Waals surface area contributed by atoms with Gasteiger partial charge in [-0.05, 0) is 47.0 Å². The molecule has 0 radical (unpaired) electrons. The molecule has 188 valence electrons. The van der Waals surface area contributed by atoms with Gasteiger partial charge in [-0.25, -0.2) is 4.39 Å². The van der Waals surface area contributed by atoms with Crippen LogP contribution < -0.4 is 14.8 Å². The average molecular weight is 491 g/mol. The number of benzene rings is 3. The first-order valence-corrected chi connectivity index (χ1v) is 11.8. The Morgan fingerprint density at radius 1 is 0.972 bits per heavy atom. The van der Waals surface area contributed by atoms with Gasteiger partial charge in [0.25, 0.3) is 0 Å². The lowest BCUT2D eigenvalue weighted by molar-refractivity contribution is -0.121. The third kappa shape index (κ3) is 5.69. The number of aromatic nitrogens is 1.